The molecule has 4 aromatic carbocycles. The fourth-order valence-corrected chi connectivity index (χ4v) is 11.7. The molecule has 1 saturated carbocycles. The molecule has 2 aliphatic carbocycles. The topological polar surface area (TPSA) is 134 Å². The van der Waals surface area contributed by atoms with Crippen LogP contribution < -0.4 is 19.9 Å². The number of imide groups is 2. The molecule has 4 amide bonds. The summed E-state index contributed by atoms with van der Waals surface area (Å²) in [6.45, 7) is 3.79. The third kappa shape index (κ3) is 5.50. The van der Waals surface area contributed by atoms with E-state index in [1.807, 2.05) is 73.7 Å². The number of para-hydroxylation sites is 1. The number of methoxy groups -OCH3 is 1. The first-order chi connectivity index (χ1) is 28.9. The van der Waals surface area contributed by atoms with Crippen LogP contribution in [0, 0.1) is 36.0 Å². The zero-order valence-corrected chi connectivity index (χ0v) is 34.8. The van der Waals surface area contributed by atoms with Gasteiger partial charge in [0, 0.05) is 45.7 Å². The number of carbonyl (C=O) groups is 4. The predicted molar refractivity (Wildman–Crippen MR) is 232 cm³/mol. The summed E-state index contributed by atoms with van der Waals surface area (Å²) in [7, 11) is 3.21. The van der Waals surface area contributed by atoms with Crippen LogP contribution in [0.5, 0.6) is 11.5 Å². The van der Waals surface area contributed by atoms with Crippen LogP contribution in [0.4, 0.5) is 22.9 Å². The average molecular weight is 838 g/mol. The molecule has 0 spiro atoms. The third-order valence-electron chi connectivity index (χ3n) is 13.2. The predicted octanol–water partition coefficient (Wildman–Crippen LogP) is 9.16. The van der Waals surface area contributed by atoms with E-state index >= 15 is 9.59 Å². The number of thiophene rings is 1. The lowest BCUT2D eigenvalue weighted by molar-refractivity contribution is -0.131. The second-order valence-electron chi connectivity index (χ2n) is 16.3. The molecule has 10 rings (SSSR count). The van der Waals surface area contributed by atoms with E-state index in [-0.39, 0.29) is 30.4 Å². The number of nitrogens with one attached hydrogen (secondary N) is 1. The van der Waals surface area contributed by atoms with Crippen molar-refractivity contribution >= 4 is 79.5 Å². The first-order valence-corrected chi connectivity index (χ1v) is 21.1. The highest BCUT2D eigenvalue weighted by Gasteiger charge is 2.68. The minimum absolute atomic E-state index is 0.0930. The van der Waals surface area contributed by atoms with Gasteiger partial charge in [-0.3, -0.25) is 28.8 Å². The van der Waals surface area contributed by atoms with E-state index in [4.69, 9.17) is 21.4 Å². The molecule has 0 bridgehead atoms. The average Bonchev–Trinajstić information content (AvgIpc) is 3.92. The molecule has 4 heterocycles. The molecular formula is C47H40ClN5O6S. The smallest absolute Gasteiger partial charge is 0.242 e. The van der Waals surface area contributed by atoms with Gasteiger partial charge in [0.05, 0.1) is 40.8 Å². The van der Waals surface area contributed by atoms with Gasteiger partial charge in [0.2, 0.25) is 23.6 Å². The largest absolute Gasteiger partial charge is 0.508 e. The number of ether oxygens (including phenoxy) is 1. The van der Waals surface area contributed by atoms with Crippen LogP contribution in [-0.2, 0) is 26.2 Å². The molecule has 4 aliphatic rings. The number of halogens is 1. The number of rotatable bonds is 7. The number of phenols is 1. The maximum absolute atomic E-state index is 15.3. The number of nitrogens with zero attached hydrogens (tertiary/aromatic N) is 4. The Hall–Kier alpha value is -6.24. The molecule has 6 aromatic rings. The number of phenolic OH excluding ortho intramolecular Hbond substituents is 1. The number of amides is 4. The van der Waals surface area contributed by atoms with Gasteiger partial charge < -0.3 is 15.2 Å². The van der Waals surface area contributed by atoms with E-state index in [2.05, 4.69) is 5.32 Å². The molecule has 0 unspecified atom stereocenters. The number of fused-ring (bicyclic) bond motifs is 5. The Morgan fingerprint density at radius 2 is 1.63 bits per heavy atom. The molecule has 2 N–H and O–H groups in total. The van der Waals surface area contributed by atoms with Gasteiger partial charge in [0.15, 0.2) is 0 Å². The summed E-state index contributed by atoms with van der Waals surface area (Å²) in [5.74, 6) is -4.73. The summed E-state index contributed by atoms with van der Waals surface area (Å²) < 4.78 is 8.43. The van der Waals surface area contributed by atoms with Gasteiger partial charge in [0.1, 0.15) is 23.0 Å². The van der Waals surface area contributed by atoms with Crippen LogP contribution in [-0.4, -0.2) is 45.6 Å². The summed E-state index contributed by atoms with van der Waals surface area (Å²) in [6.07, 6.45) is 2.38. The zero-order chi connectivity index (χ0) is 41.8. The highest BCUT2D eigenvalue weighted by atomic mass is 35.5. The zero-order valence-electron chi connectivity index (χ0n) is 33.2. The molecule has 2 saturated heterocycles. The van der Waals surface area contributed by atoms with Crippen molar-refractivity contribution in [3.05, 3.63) is 125 Å². The first kappa shape index (κ1) is 38.0. The van der Waals surface area contributed by atoms with Crippen LogP contribution in [0.15, 0.2) is 109 Å². The Balaban J connectivity index is 1.04. The highest BCUT2D eigenvalue weighted by molar-refractivity contribution is 7.22. The van der Waals surface area contributed by atoms with Crippen molar-refractivity contribution in [1.29, 1.82) is 0 Å². The Morgan fingerprint density at radius 1 is 0.883 bits per heavy atom. The monoisotopic (exact) mass is 837 g/mol. The Bertz CT molecular complexity index is 2830. The van der Waals surface area contributed by atoms with E-state index in [1.165, 1.54) is 16.9 Å². The lowest BCUT2D eigenvalue weighted by Crippen LogP contribution is -2.49. The quantitative estimate of drug-likeness (QED) is 0.120. The Labute approximate surface area is 354 Å². The number of carbonyl (C=O) groups excluding carboxylic acids is 4. The molecule has 2 aliphatic heterocycles. The standard InChI is InChI=1S/C47H40ClN5O6S/c1-24-31-21-25(48)13-20-37(31)60-42(24)34-23-38(51(3)50-34)53-44(56)33-22-32-29(41(47(33,2)46(53)58)40-35(54)11-8-12-36(40)59-4)18-19-30-39(32)45(57)52(43(30)55)28-16-14-27(15-17-28)49-26-9-6-5-7-10-26/h5-18,20-21,23,30,32-33,39,41,49,54H,19,22H2,1-4H3/t30-,32+,33-,39-,41+,47+/m0/s1. The molecule has 13 heteroatoms. The molecule has 11 nitrogen and oxygen atoms in total. The fourth-order valence-electron chi connectivity index (χ4n) is 10.4. The molecule has 0 radical (unpaired) electrons. The maximum atomic E-state index is 15.3. The summed E-state index contributed by atoms with van der Waals surface area (Å²) in [4.78, 5) is 62.7. The third-order valence-corrected chi connectivity index (χ3v) is 14.8. The van der Waals surface area contributed by atoms with Crippen LogP contribution >= 0.6 is 22.9 Å². The van der Waals surface area contributed by atoms with Gasteiger partial charge in [-0.25, -0.2) is 4.90 Å². The van der Waals surface area contributed by atoms with Gasteiger partial charge in [-0.2, -0.15) is 5.10 Å². The number of allylic oxidation sites excluding steroid dienone is 2. The molecule has 302 valence electrons. The van der Waals surface area contributed by atoms with Crippen molar-refractivity contribution in [3.8, 4) is 22.1 Å². The van der Waals surface area contributed by atoms with Gasteiger partial charge in [-0.05, 0) is 110 Å². The van der Waals surface area contributed by atoms with Crippen LogP contribution in [0.2, 0.25) is 5.02 Å². The maximum Gasteiger partial charge on any atom is 0.242 e. The van der Waals surface area contributed by atoms with Gasteiger partial charge in [-0.1, -0.05) is 47.5 Å². The molecule has 6 atom stereocenters. The van der Waals surface area contributed by atoms with Crippen LogP contribution in [0.3, 0.4) is 0 Å². The normalized spacial score (nSPS) is 24.8. The van der Waals surface area contributed by atoms with Crippen LogP contribution in [0.1, 0.15) is 36.8 Å². The first-order valence-electron chi connectivity index (χ1n) is 19.9. The minimum Gasteiger partial charge on any atom is -0.508 e. The van der Waals surface area contributed by atoms with Crippen molar-refractivity contribution in [1.82, 2.24) is 9.78 Å². The molecular weight excluding hydrogens is 798 g/mol. The number of aryl methyl sites for hydroxylation is 2. The lowest BCUT2D eigenvalue weighted by Gasteiger charge is -2.49. The number of hydrogen-bond donors (Lipinski definition) is 2. The lowest BCUT2D eigenvalue weighted by atomic mass is 9.51. The molecule has 2 aromatic heterocycles. The van der Waals surface area contributed by atoms with E-state index in [0.29, 0.717) is 33.5 Å². The summed E-state index contributed by atoms with van der Waals surface area (Å²) in [5, 5.41) is 21.4. The number of hydrogen-bond acceptors (Lipinski definition) is 9. The van der Waals surface area contributed by atoms with Gasteiger partial charge in [0.25, 0.3) is 0 Å². The second kappa shape index (κ2) is 13.9. The number of benzene rings is 4. The van der Waals surface area contributed by atoms with Gasteiger partial charge >= 0.3 is 0 Å². The van der Waals surface area contributed by atoms with E-state index in [1.54, 1.807) is 66.4 Å². The summed E-state index contributed by atoms with van der Waals surface area (Å²) in [5.41, 5.74) is 3.47. The number of aromatic nitrogens is 2. The SMILES string of the molecule is COc1cccc(O)c1[C@H]1C2=CC[C@@H]3C(=O)N(c4ccc(Nc5ccccc5)cc4)C(=O)[C@@H]3[C@@H]2C[C@H]2C(=O)N(c3cc(-c4sc5ccc(Cl)cc5c4C)nn3C)C(=O)[C@@]12C. The van der Waals surface area contributed by atoms with E-state index in [0.717, 1.165) is 37.5 Å². The van der Waals surface area contributed by atoms with Gasteiger partial charge in [-0.15, -0.1) is 11.3 Å². The number of anilines is 4. The Kier molecular flexibility index (Phi) is 8.82. The van der Waals surface area contributed by atoms with E-state index in [9.17, 15) is 14.7 Å². The fraction of sp³-hybridized carbons (Fsp3) is 0.255. The second-order valence-corrected chi connectivity index (χ2v) is 17.8. The van der Waals surface area contributed by atoms with Crippen molar-refractivity contribution in [2.45, 2.75) is 32.6 Å². The number of aromatic hydroxyl groups is 1. The van der Waals surface area contributed by atoms with Crippen molar-refractivity contribution in [2.24, 2.45) is 36.1 Å². The summed E-state index contributed by atoms with van der Waals surface area (Å²) in [6, 6.07) is 29.3. The molecule has 3 fully saturated rings. The van der Waals surface area contributed by atoms with Crippen molar-refractivity contribution in [3.63, 3.8) is 0 Å². The highest BCUT2D eigenvalue weighted by Crippen LogP contribution is 2.65. The minimum atomic E-state index is -1.40. The Morgan fingerprint density at radius 3 is 2.38 bits per heavy atom. The van der Waals surface area contributed by atoms with Crippen molar-refractivity contribution < 1.29 is 29.0 Å². The summed E-state index contributed by atoms with van der Waals surface area (Å²) >= 11 is 7.90. The van der Waals surface area contributed by atoms with E-state index < -0.39 is 46.8 Å². The van der Waals surface area contributed by atoms with Crippen LogP contribution in [0.25, 0.3) is 20.7 Å². The van der Waals surface area contributed by atoms with Crippen molar-refractivity contribution in [2.75, 3.05) is 22.2 Å². The molecule has 60 heavy (non-hydrogen) atoms.